The topological polar surface area (TPSA) is 0 Å². The predicted molar refractivity (Wildman–Crippen MR) is 122 cm³/mol. The Labute approximate surface area is 176 Å². The first kappa shape index (κ1) is 21.0. The standard InChI is InChI=1S/C28H48/c1-6-21-15-17-28(5)23(19-21)11-13-24-25-14-12-22(10-8-7-9-20(2)3)27(25,4)18-16-26(24)28/h11,20-22,24-26H,6-10,12-19H2,1-5H3. The number of hydrogen-bond donors (Lipinski definition) is 0. The molecule has 0 aromatic rings. The van der Waals surface area contributed by atoms with Gasteiger partial charge in [-0.2, -0.15) is 0 Å². The molecule has 3 fully saturated rings. The van der Waals surface area contributed by atoms with Gasteiger partial charge in [-0.25, -0.2) is 0 Å². The molecule has 0 radical (unpaired) electrons. The average Bonchev–Trinajstić information content (AvgIpc) is 3.01. The van der Waals surface area contributed by atoms with E-state index in [4.69, 9.17) is 0 Å². The van der Waals surface area contributed by atoms with Gasteiger partial charge in [0.15, 0.2) is 0 Å². The van der Waals surface area contributed by atoms with E-state index in [9.17, 15) is 0 Å². The minimum atomic E-state index is 0.561. The van der Waals surface area contributed by atoms with Crippen molar-refractivity contribution in [3.63, 3.8) is 0 Å². The maximum absolute atomic E-state index is 2.77. The molecule has 0 saturated heterocycles. The van der Waals surface area contributed by atoms with Crippen molar-refractivity contribution in [3.05, 3.63) is 11.6 Å². The van der Waals surface area contributed by atoms with Crippen molar-refractivity contribution >= 4 is 0 Å². The second-order valence-electron chi connectivity index (χ2n) is 12.3. The molecule has 4 aliphatic rings. The van der Waals surface area contributed by atoms with E-state index in [-0.39, 0.29) is 0 Å². The first-order chi connectivity index (χ1) is 13.4. The van der Waals surface area contributed by atoms with Crippen LogP contribution in [0.25, 0.3) is 0 Å². The second-order valence-corrected chi connectivity index (χ2v) is 12.3. The number of fused-ring (bicyclic) bond motifs is 5. The van der Waals surface area contributed by atoms with Gasteiger partial charge in [-0.3, -0.25) is 0 Å². The van der Waals surface area contributed by atoms with Crippen molar-refractivity contribution in [2.75, 3.05) is 0 Å². The molecule has 0 aromatic carbocycles. The minimum absolute atomic E-state index is 0.561. The number of rotatable bonds is 6. The van der Waals surface area contributed by atoms with Gasteiger partial charge in [0.05, 0.1) is 0 Å². The Morgan fingerprint density at radius 2 is 1.82 bits per heavy atom. The molecule has 0 spiro atoms. The monoisotopic (exact) mass is 384 g/mol. The molecule has 3 saturated carbocycles. The molecule has 28 heavy (non-hydrogen) atoms. The summed E-state index contributed by atoms with van der Waals surface area (Å²) in [6, 6.07) is 0. The van der Waals surface area contributed by atoms with Gasteiger partial charge in [-0.05, 0) is 104 Å². The van der Waals surface area contributed by atoms with Crippen LogP contribution in [0.15, 0.2) is 11.6 Å². The lowest BCUT2D eigenvalue weighted by Gasteiger charge is -2.58. The first-order valence-electron chi connectivity index (χ1n) is 13.1. The fourth-order valence-corrected chi connectivity index (χ4v) is 8.61. The molecule has 7 atom stereocenters. The normalized spacial score (nSPS) is 45.4. The highest BCUT2D eigenvalue weighted by molar-refractivity contribution is 5.25. The lowest BCUT2D eigenvalue weighted by molar-refractivity contribution is -0.0456. The van der Waals surface area contributed by atoms with Crippen LogP contribution in [0, 0.1) is 46.3 Å². The van der Waals surface area contributed by atoms with Crippen LogP contribution in [0.1, 0.15) is 118 Å². The summed E-state index contributed by atoms with van der Waals surface area (Å²) in [5.74, 6) is 5.93. The van der Waals surface area contributed by atoms with E-state index >= 15 is 0 Å². The van der Waals surface area contributed by atoms with Crippen LogP contribution in [0.5, 0.6) is 0 Å². The van der Waals surface area contributed by atoms with E-state index in [1.165, 1.54) is 77.0 Å². The van der Waals surface area contributed by atoms with E-state index < -0.39 is 0 Å². The zero-order valence-corrected chi connectivity index (χ0v) is 19.7. The van der Waals surface area contributed by atoms with Crippen LogP contribution in [-0.4, -0.2) is 0 Å². The van der Waals surface area contributed by atoms with Crippen LogP contribution >= 0.6 is 0 Å². The maximum Gasteiger partial charge on any atom is -0.00851 e. The fourth-order valence-electron chi connectivity index (χ4n) is 8.61. The highest BCUT2D eigenvalue weighted by Gasteiger charge is 2.58. The second kappa shape index (κ2) is 8.11. The molecule has 0 amide bonds. The van der Waals surface area contributed by atoms with Gasteiger partial charge in [-0.15, -0.1) is 0 Å². The molecule has 0 heteroatoms. The molecule has 0 N–H and O–H groups in total. The zero-order valence-electron chi connectivity index (χ0n) is 19.7. The van der Waals surface area contributed by atoms with Crippen LogP contribution in [-0.2, 0) is 0 Å². The van der Waals surface area contributed by atoms with Crippen molar-refractivity contribution < 1.29 is 0 Å². The first-order valence-corrected chi connectivity index (χ1v) is 13.1. The Balaban J connectivity index is 1.45. The third-order valence-corrected chi connectivity index (χ3v) is 10.6. The summed E-state index contributed by atoms with van der Waals surface area (Å²) in [5, 5.41) is 0. The Bertz CT molecular complexity index is 571. The molecular formula is C28H48. The van der Waals surface area contributed by atoms with Gasteiger partial charge < -0.3 is 0 Å². The van der Waals surface area contributed by atoms with Crippen LogP contribution < -0.4 is 0 Å². The Hall–Kier alpha value is -0.260. The average molecular weight is 385 g/mol. The van der Waals surface area contributed by atoms with Gasteiger partial charge in [0, 0.05) is 0 Å². The summed E-state index contributed by atoms with van der Waals surface area (Å²) in [4.78, 5) is 0. The van der Waals surface area contributed by atoms with E-state index in [1.807, 2.05) is 5.57 Å². The predicted octanol–water partition coefficient (Wildman–Crippen LogP) is 8.81. The fraction of sp³-hybridized carbons (Fsp3) is 0.929. The molecule has 0 nitrogen and oxygen atoms in total. The van der Waals surface area contributed by atoms with Crippen LogP contribution in [0.4, 0.5) is 0 Å². The Morgan fingerprint density at radius 1 is 1.00 bits per heavy atom. The largest absolute Gasteiger partial charge is 0.0845 e. The number of allylic oxidation sites excluding steroid dienone is 2. The van der Waals surface area contributed by atoms with Gasteiger partial charge in [0.1, 0.15) is 0 Å². The number of hydrogen-bond acceptors (Lipinski definition) is 0. The molecule has 0 heterocycles. The molecule has 4 aliphatic carbocycles. The van der Waals surface area contributed by atoms with E-state index in [1.54, 1.807) is 6.42 Å². The Morgan fingerprint density at radius 3 is 2.57 bits per heavy atom. The molecule has 7 unspecified atom stereocenters. The third kappa shape index (κ3) is 3.54. The van der Waals surface area contributed by atoms with Crippen molar-refractivity contribution in [2.24, 2.45) is 46.3 Å². The molecule has 0 aliphatic heterocycles. The summed E-state index contributed by atoms with van der Waals surface area (Å²) in [6.07, 6.45) is 22.0. The highest BCUT2D eigenvalue weighted by atomic mass is 14.6. The van der Waals surface area contributed by atoms with Crippen molar-refractivity contribution in [1.82, 2.24) is 0 Å². The molecule has 4 rings (SSSR count). The molecular weight excluding hydrogens is 336 g/mol. The van der Waals surface area contributed by atoms with Crippen LogP contribution in [0.3, 0.4) is 0 Å². The van der Waals surface area contributed by atoms with Gasteiger partial charge in [0.2, 0.25) is 0 Å². The van der Waals surface area contributed by atoms with E-state index in [0.717, 1.165) is 35.5 Å². The summed E-state index contributed by atoms with van der Waals surface area (Å²) < 4.78 is 0. The third-order valence-electron chi connectivity index (χ3n) is 10.6. The highest BCUT2D eigenvalue weighted by Crippen LogP contribution is 2.67. The van der Waals surface area contributed by atoms with Crippen LogP contribution in [0.2, 0.25) is 0 Å². The lowest BCUT2D eigenvalue weighted by atomic mass is 9.47. The zero-order chi connectivity index (χ0) is 19.9. The Kier molecular flexibility index (Phi) is 6.08. The summed E-state index contributed by atoms with van der Waals surface area (Å²) >= 11 is 0. The van der Waals surface area contributed by atoms with E-state index in [0.29, 0.717) is 10.8 Å². The number of unbranched alkanes of at least 4 members (excludes halogenated alkanes) is 1. The molecule has 0 aromatic heterocycles. The van der Waals surface area contributed by atoms with Crippen molar-refractivity contribution in [2.45, 2.75) is 118 Å². The smallest absolute Gasteiger partial charge is 0.00851 e. The van der Waals surface area contributed by atoms with Crippen molar-refractivity contribution in [1.29, 1.82) is 0 Å². The lowest BCUT2D eigenvalue weighted by Crippen LogP contribution is -2.50. The maximum atomic E-state index is 2.77. The minimum Gasteiger partial charge on any atom is -0.0845 e. The molecule has 160 valence electrons. The van der Waals surface area contributed by atoms with Gasteiger partial charge in [0.25, 0.3) is 0 Å². The summed E-state index contributed by atoms with van der Waals surface area (Å²) in [7, 11) is 0. The molecule has 0 bridgehead atoms. The summed E-state index contributed by atoms with van der Waals surface area (Å²) in [5.41, 5.74) is 3.12. The summed E-state index contributed by atoms with van der Waals surface area (Å²) in [6.45, 7) is 12.6. The van der Waals surface area contributed by atoms with Crippen molar-refractivity contribution in [3.8, 4) is 0 Å². The quantitative estimate of drug-likeness (QED) is 0.317. The van der Waals surface area contributed by atoms with Gasteiger partial charge in [-0.1, -0.05) is 72.0 Å². The van der Waals surface area contributed by atoms with E-state index in [2.05, 4.69) is 40.7 Å². The van der Waals surface area contributed by atoms with Gasteiger partial charge >= 0.3 is 0 Å². The SMILES string of the molecule is CCC1CCC2(C)C(=CCC3C2CCC2(C)C(CCCCC(C)C)CCC32)C1.